The first-order valence-corrected chi connectivity index (χ1v) is 7.11. The third kappa shape index (κ3) is 4.76. The Balaban J connectivity index is 2.58. The first kappa shape index (κ1) is 14.6. The van der Waals surface area contributed by atoms with Gasteiger partial charge in [-0.05, 0) is 38.8 Å². The van der Waals surface area contributed by atoms with Crippen LogP contribution >= 0.6 is 11.3 Å². The fourth-order valence-electron chi connectivity index (χ4n) is 1.96. The molecular weight excluding hydrogens is 232 g/mol. The molecule has 0 aliphatic rings. The summed E-state index contributed by atoms with van der Waals surface area (Å²) in [5, 5.41) is 12.8. The highest BCUT2D eigenvalue weighted by Crippen LogP contribution is 2.23. The zero-order valence-electron chi connectivity index (χ0n) is 10.9. The maximum absolute atomic E-state index is 9.35. The molecule has 0 aromatic carbocycles. The highest BCUT2D eigenvalue weighted by molar-refractivity contribution is 7.12. The van der Waals surface area contributed by atoms with Crippen molar-refractivity contribution in [1.29, 1.82) is 0 Å². The van der Waals surface area contributed by atoms with Crippen LogP contribution in [0.2, 0.25) is 0 Å². The summed E-state index contributed by atoms with van der Waals surface area (Å²) in [7, 11) is 0. The molecule has 1 heterocycles. The Morgan fingerprint density at radius 2 is 2.12 bits per heavy atom. The number of hydrogen-bond acceptors (Lipinski definition) is 4. The van der Waals surface area contributed by atoms with Crippen molar-refractivity contribution in [3.63, 3.8) is 0 Å². The Morgan fingerprint density at radius 1 is 1.41 bits per heavy atom. The molecule has 0 amide bonds. The summed E-state index contributed by atoms with van der Waals surface area (Å²) in [5.41, 5.74) is 5.82. The molecule has 0 saturated heterocycles. The zero-order valence-corrected chi connectivity index (χ0v) is 11.8. The van der Waals surface area contributed by atoms with E-state index in [9.17, 15) is 5.11 Å². The van der Waals surface area contributed by atoms with Gasteiger partial charge in [-0.2, -0.15) is 0 Å². The van der Waals surface area contributed by atoms with Gasteiger partial charge < -0.3 is 16.2 Å². The minimum absolute atomic E-state index is 0.203. The Labute approximate surface area is 108 Å². The van der Waals surface area contributed by atoms with Gasteiger partial charge in [0.2, 0.25) is 0 Å². The van der Waals surface area contributed by atoms with E-state index in [1.807, 2.05) is 18.3 Å². The molecule has 0 aliphatic carbocycles. The number of aliphatic hydroxyl groups is 1. The van der Waals surface area contributed by atoms with E-state index in [0.29, 0.717) is 6.54 Å². The number of aliphatic hydroxyl groups excluding tert-OH is 1. The van der Waals surface area contributed by atoms with Gasteiger partial charge in [0.15, 0.2) is 0 Å². The zero-order chi connectivity index (χ0) is 12.8. The number of hydrogen-bond donors (Lipinski definition) is 3. The van der Waals surface area contributed by atoms with E-state index in [0.717, 1.165) is 12.8 Å². The van der Waals surface area contributed by atoms with Crippen LogP contribution in [0.5, 0.6) is 0 Å². The first-order valence-electron chi connectivity index (χ1n) is 6.29. The number of nitrogens with two attached hydrogens (primary N) is 1. The number of nitrogens with one attached hydrogen (secondary N) is 1. The van der Waals surface area contributed by atoms with E-state index in [4.69, 9.17) is 5.73 Å². The maximum Gasteiger partial charge on any atom is 0.0541 e. The Morgan fingerprint density at radius 3 is 2.59 bits per heavy atom. The van der Waals surface area contributed by atoms with Gasteiger partial charge in [0.1, 0.15) is 0 Å². The normalized spacial score (nSPS) is 16.8. The summed E-state index contributed by atoms with van der Waals surface area (Å²) in [6.07, 6.45) is 1.55. The summed E-state index contributed by atoms with van der Waals surface area (Å²) >= 11 is 1.82. The minimum Gasteiger partial charge on any atom is -0.393 e. The lowest BCUT2D eigenvalue weighted by Crippen LogP contribution is -2.36. The summed E-state index contributed by atoms with van der Waals surface area (Å²) in [5.74, 6) is 0. The lowest BCUT2D eigenvalue weighted by Gasteiger charge is -2.22. The largest absolute Gasteiger partial charge is 0.393 e. The molecule has 0 radical (unpaired) electrons. The quantitative estimate of drug-likeness (QED) is 0.700. The van der Waals surface area contributed by atoms with Gasteiger partial charge in [0.05, 0.1) is 12.1 Å². The van der Waals surface area contributed by atoms with Crippen LogP contribution in [0.1, 0.15) is 43.0 Å². The molecule has 1 aromatic heterocycles. The Kier molecular flexibility index (Phi) is 6.12. The number of thiophene rings is 1. The molecule has 0 fully saturated rings. The third-order valence-corrected chi connectivity index (χ3v) is 4.13. The molecule has 0 bridgehead atoms. The average molecular weight is 256 g/mol. The smallest absolute Gasteiger partial charge is 0.0541 e. The lowest BCUT2D eigenvalue weighted by atomic mass is 10.1. The van der Waals surface area contributed by atoms with Gasteiger partial charge in [-0.1, -0.05) is 6.92 Å². The topological polar surface area (TPSA) is 58.3 Å². The molecule has 3 nitrogen and oxygen atoms in total. The number of aryl methyl sites for hydroxylation is 1. The average Bonchev–Trinajstić information content (AvgIpc) is 2.73. The number of rotatable bonds is 7. The van der Waals surface area contributed by atoms with Gasteiger partial charge in [-0.15, -0.1) is 11.3 Å². The molecule has 0 spiro atoms. The molecule has 17 heavy (non-hydrogen) atoms. The second kappa shape index (κ2) is 7.11. The van der Waals surface area contributed by atoms with E-state index in [2.05, 4.69) is 31.3 Å². The highest BCUT2D eigenvalue weighted by atomic mass is 32.1. The van der Waals surface area contributed by atoms with Crippen LogP contribution in [-0.4, -0.2) is 23.8 Å². The maximum atomic E-state index is 9.35. The van der Waals surface area contributed by atoms with E-state index in [1.54, 1.807) is 0 Å². The van der Waals surface area contributed by atoms with Crippen molar-refractivity contribution < 1.29 is 5.11 Å². The van der Waals surface area contributed by atoms with Crippen LogP contribution in [0.15, 0.2) is 12.1 Å². The predicted octanol–water partition coefficient (Wildman–Crippen LogP) is 2.06. The van der Waals surface area contributed by atoms with E-state index in [1.165, 1.54) is 9.75 Å². The van der Waals surface area contributed by atoms with Gasteiger partial charge in [0, 0.05) is 22.3 Å². The molecule has 98 valence electrons. The molecule has 1 rings (SSSR count). The second-order valence-corrected chi connectivity index (χ2v) is 5.80. The van der Waals surface area contributed by atoms with Gasteiger partial charge in [-0.25, -0.2) is 0 Å². The van der Waals surface area contributed by atoms with Gasteiger partial charge in [-0.3, -0.25) is 0 Å². The van der Waals surface area contributed by atoms with Crippen molar-refractivity contribution in [3.05, 3.63) is 21.9 Å². The molecular formula is C13H24N2OS. The second-order valence-electron chi connectivity index (χ2n) is 4.60. The standard InChI is InChI=1S/C13H24N2OS/c1-4-11-5-6-13(17-11)12(8-14)15-9(2)7-10(3)16/h5-6,9-10,12,15-16H,4,7-8,14H2,1-3H3. The van der Waals surface area contributed by atoms with Crippen molar-refractivity contribution in [2.45, 2.75) is 51.8 Å². The van der Waals surface area contributed by atoms with Crippen LogP contribution in [0.3, 0.4) is 0 Å². The van der Waals surface area contributed by atoms with Crippen molar-refractivity contribution in [2.75, 3.05) is 6.54 Å². The first-order chi connectivity index (χ1) is 8.06. The third-order valence-electron chi connectivity index (χ3n) is 2.79. The van der Waals surface area contributed by atoms with Crippen LogP contribution in [0.4, 0.5) is 0 Å². The summed E-state index contributed by atoms with van der Waals surface area (Å²) < 4.78 is 0. The van der Waals surface area contributed by atoms with Crippen molar-refractivity contribution in [1.82, 2.24) is 5.32 Å². The summed E-state index contributed by atoms with van der Waals surface area (Å²) in [6, 6.07) is 4.80. The summed E-state index contributed by atoms with van der Waals surface area (Å²) in [4.78, 5) is 2.69. The van der Waals surface area contributed by atoms with Gasteiger partial charge >= 0.3 is 0 Å². The fourth-order valence-corrected chi connectivity index (χ4v) is 2.99. The van der Waals surface area contributed by atoms with Crippen molar-refractivity contribution in [3.8, 4) is 0 Å². The van der Waals surface area contributed by atoms with Crippen molar-refractivity contribution in [2.24, 2.45) is 5.73 Å². The Bertz CT molecular complexity index is 325. The minimum atomic E-state index is -0.273. The van der Waals surface area contributed by atoms with E-state index >= 15 is 0 Å². The molecule has 1 aromatic rings. The van der Waals surface area contributed by atoms with E-state index < -0.39 is 0 Å². The molecule has 4 N–H and O–H groups in total. The Hall–Kier alpha value is -0.420. The van der Waals surface area contributed by atoms with Crippen LogP contribution < -0.4 is 11.1 Å². The SMILES string of the molecule is CCc1ccc(C(CN)NC(C)CC(C)O)s1. The predicted molar refractivity (Wildman–Crippen MR) is 74.4 cm³/mol. The monoisotopic (exact) mass is 256 g/mol. The fraction of sp³-hybridized carbons (Fsp3) is 0.692. The molecule has 3 unspecified atom stereocenters. The molecule has 4 heteroatoms. The van der Waals surface area contributed by atoms with Crippen LogP contribution in [0, 0.1) is 0 Å². The lowest BCUT2D eigenvalue weighted by molar-refractivity contribution is 0.168. The molecule has 0 aliphatic heterocycles. The van der Waals surface area contributed by atoms with Crippen LogP contribution in [-0.2, 0) is 6.42 Å². The van der Waals surface area contributed by atoms with Crippen LogP contribution in [0.25, 0.3) is 0 Å². The van der Waals surface area contributed by atoms with E-state index in [-0.39, 0.29) is 18.2 Å². The molecule has 3 atom stereocenters. The highest BCUT2D eigenvalue weighted by Gasteiger charge is 2.15. The summed E-state index contributed by atoms with van der Waals surface area (Å²) in [6.45, 7) is 6.66. The molecule has 0 saturated carbocycles. The van der Waals surface area contributed by atoms with Crippen molar-refractivity contribution >= 4 is 11.3 Å². The van der Waals surface area contributed by atoms with Gasteiger partial charge in [0.25, 0.3) is 0 Å².